The van der Waals surface area contributed by atoms with Gasteiger partial charge in [-0.05, 0) is 159 Å². The summed E-state index contributed by atoms with van der Waals surface area (Å²) in [5, 5.41) is 0. The molecule has 332 valence electrons. The van der Waals surface area contributed by atoms with Crippen molar-refractivity contribution < 1.29 is 35.1 Å². The molecule has 4 aromatic rings. The van der Waals surface area contributed by atoms with E-state index < -0.39 is 36.5 Å². The molecule has 8 aliphatic rings. The van der Waals surface area contributed by atoms with Gasteiger partial charge in [-0.25, -0.2) is 8.78 Å². The maximum atomic E-state index is 14.5. The summed E-state index contributed by atoms with van der Waals surface area (Å²) in [4.78, 5) is 7.93. The molecule has 0 aliphatic carbocycles. The van der Waals surface area contributed by atoms with Crippen LogP contribution >= 0.6 is 0 Å². The maximum Gasteiger partial charge on any atom is 0.404 e. The summed E-state index contributed by atoms with van der Waals surface area (Å²) in [6, 6.07) is 23.4. The van der Waals surface area contributed by atoms with Crippen molar-refractivity contribution in [2.45, 2.75) is 87.9 Å². The van der Waals surface area contributed by atoms with Crippen LogP contribution in [0.4, 0.5) is 35.1 Å². The van der Waals surface area contributed by atoms with Gasteiger partial charge in [0.1, 0.15) is 23.7 Å². The average molecular weight is 865 g/mol. The molecule has 6 atom stereocenters. The lowest BCUT2D eigenvalue weighted by atomic mass is 9.75. The van der Waals surface area contributed by atoms with E-state index in [1.165, 1.54) is 24.3 Å². The number of nitrogens with zero attached hydrogens (tertiary/aromatic N) is 4. The van der Waals surface area contributed by atoms with E-state index in [9.17, 15) is 35.1 Å². The minimum Gasteiger partial charge on any atom is -0.303 e. The van der Waals surface area contributed by atoms with Crippen LogP contribution in [0.5, 0.6) is 0 Å². The van der Waals surface area contributed by atoms with Gasteiger partial charge in [0.15, 0.2) is 0 Å². The lowest BCUT2D eigenvalue weighted by Gasteiger charge is -2.49. The summed E-state index contributed by atoms with van der Waals surface area (Å²) < 4.78 is 114. The van der Waals surface area contributed by atoms with Crippen LogP contribution in [0.1, 0.15) is 84.0 Å². The zero-order valence-electron chi connectivity index (χ0n) is 35.0. The smallest absolute Gasteiger partial charge is 0.303 e. The van der Waals surface area contributed by atoms with Gasteiger partial charge in [-0.3, -0.25) is 9.80 Å². The number of fused-ring (bicyclic) bond motifs is 8. The zero-order valence-corrected chi connectivity index (χ0v) is 35.0. The molecular formula is C50H56F8N4. The topological polar surface area (TPSA) is 13.0 Å². The highest BCUT2D eigenvalue weighted by Crippen LogP contribution is 2.47. The van der Waals surface area contributed by atoms with Crippen molar-refractivity contribution in [3.63, 3.8) is 0 Å². The molecule has 0 N–H and O–H groups in total. The molecule has 8 aliphatic heterocycles. The van der Waals surface area contributed by atoms with Crippen LogP contribution in [-0.2, 0) is 12.8 Å². The monoisotopic (exact) mass is 864 g/mol. The molecule has 2 unspecified atom stereocenters. The zero-order chi connectivity index (χ0) is 43.2. The summed E-state index contributed by atoms with van der Waals surface area (Å²) in [7, 11) is 0. The Hall–Kier alpha value is -3.84. The van der Waals surface area contributed by atoms with Crippen LogP contribution in [0.25, 0.3) is 0 Å². The van der Waals surface area contributed by atoms with Crippen molar-refractivity contribution in [1.29, 1.82) is 0 Å². The molecule has 4 nitrogen and oxygen atoms in total. The minimum atomic E-state index is -4.31. The van der Waals surface area contributed by atoms with Crippen molar-refractivity contribution in [2.24, 2.45) is 23.7 Å². The Morgan fingerprint density at radius 1 is 0.468 bits per heavy atom. The van der Waals surface area contributed by atoms with Gasteiger partial charge in [0.05, 0.1) is 12.1 Å². The number of halogens is 8. The van der Waals surface area contributed by atoms with Crippen LogP contribution in [0, 0.1) is 35.3 Å². The van der Waals surface area contributed by atoms with Crippen LogP contribution < -0.4 is 0 Å². The molecule has 12 heteroatoms. The van der Waals surface area contributed by atoms with Gasteiger partial charge < -0.3 is 9.80 Å². The second kappa shape index (κ2) is 18.0. The van der Waals surface area contributed by atoms with Crippen LogP contribution in [0.15, 0.2) is 97.1 Å². The van der Waals surface area contributed by atoms with Gasteiger partial charge in [-0.15, -0.1) is 0 Å². The number of hydrogen-bond acceptors (Lipinski definition) is 4. The minimum absolute atomic E-state index is 0.0835. The van der Waals surface area contributed by atoms with Gasteiger partial charge in [-0.1, -0.05) is 72.8 Å². The molecule has 0 spiro atoms. The van der Waals surface area contributed by atoms with Gasteiger partial charge in [0, 0.05) is 26.2 Å². The van der Waals surface area contributed by atoms with E-state index in [-0.39, 0.29) is 36.3 Å². The van der Waals surface area contributed by atoms with E-state index in [2.05, 4.69) is 9.80 Å². The standard InChI is InChI=1S/2C25H28F4N2/c2*26-21-7-5-19(6-8-21)24-22-4-2-1-3-18(22)11-14-31(24)23(25(27,28)29)15-20-16-30-12-9-17(20)10-13-30/h2*1-8,17,20,23-24H,9-16H2/t20-,23+,24?;20-,23-,24?/m11/s1. The number of alkyl halides is 6. The molecule has 12 rings (SSSR count). The molecule has 6 fully saturated rings. The van der Waals surface area contributed by atoms with E-state index in [0.717, 1.165) is 98.3 Å². The molecule has 0 radical (unpaired) electrons. The predicted octanol–water partition coefficient (Wildman–Crippen LogP) is 10.9. The quantitative estimate of drug-likeness (QED) is 0.164. The normalized spacial score (nSPS) is 29.5. The van der Waals surface area contributed by atoms with Crippen LogP contribution in [0.3, 0.4) is 0 Å². The van der Waals surface area contributed by atoms with Crippen LogP contribution in [0.2, 0.25) is 0 Å². The first-order valence-corrected chi connectivity index (χ1v) is 22.6. The van der Waals surface area contributed by atoms with Crippen molar-refractivity contribution in [3.8, 4) is 0 Å². The first kappa shape index (κ1) is 43.4. The molecule has 4 bridgehead atoms. The summed E-state index contributed by atoms with van der Waals surface area (Å²) in [6.07, 6.45) is -3.08. The molecule has 0 amide bonds. The van der Waals surface area contributed by atoms with E-state index >= 15 is 0 Å². The highest BCUT2D eigenvalue weighted by atomic mass is 19.4. The predicted molar refractivity (Wildman–Crippen MR) is 224 cm³/mol. The Labute approximate surface area is 359 Å². The highest BCUT2D eigenvalue weighted by Gasteiger charge is 2.51. The Morgan fingerprint density at radius 2 is 0.823 bits per heavy atom. The summed E-state index contributed by atoms with van der Waals surface area (Å²) in [6.45, 7) is 6.35. The third-order valence-corrected chi connectivity index (χ3v) is 15.2. The SMILES string of the molecule is Fc1ccc(C2c3ccccc3CCN2[C@@H](C[C@@H]2CN3CCC2CC3)C(F)(F)F)cc1.Fc1ccc(C2c3ccccc3CCN2[C@H](C[C@@H]2CN3CCC2CC3)C(F)(F)F)cc1. The van der Waals surface area contributed by atoms with Crippen LogP contribution in [-0.4, -0.2) is 96.4 Å². The fourth-order valence-corrected chi connectivity index (χ4v) is 12.1. The molecule has 0 aromatic heterocycles. The lowest BCUT2D eigenvalue weighted by molar-refractivity contribution is -0.197. The average Bonchev–Trinajstić information content (AvgIpc) is 3.28. The van der Waals surface area contributed by atoms with Gasteiger partial charge >= 0.3 is 12.4 Å². The second-order valence-corrected chi connectivity index (χ2v) is 18.7. The largest absolute Gasteiger partial charge is 0.404 e. The van der Waals surface area contributed by atoms with E-state index in [4.69, 9.17) is 0 Å². The number of rotatable bonds is 8. The first-order valence-electron chi connectivity index (χ1n) is 22.6. The fraction of sp³-hybridized carbons (Fsp3) is 0.520. The lowest BCUT2D eigenvalue weighted by Crippen LogP contribution is -2.54. The summed E-state index contributed by atoms with van der Waals surface area (Å²) in [5.41, 5.74) is 5.41. The second-order valence-electron chi connectivity index (χ2n) is 18.7. The van der Waals surface area contributed by atoms with Crippen molar-refractivity contribution in [3.05, 3.63) is 142 Å². The van der Waals surface area contributed by atoms with Gasteiger partial charge in [-0.2, -0.15) is 26.3 Å². The number of hydrogen-bond donors (Lipinski definition) is 0. The summed E-state index contributed by atoms with van der Waals surface area (Å²) in [5.74, 6) is 0.214. The molecule has 4 aromatic carbocycles. The Kier molecular flexibility index (Phi) is 12.6. The molecule has 0 saturated carbocycles. The third kappa shape index (κ3) is 9.22. The van der Waals surface area contributed by atoms with E-state index in [1.807, 2.05) is 48.5 Å². The van der Waals surface area contributed by atoms with Crippen molar-refractivity contribution in [1.82, 2.24) is 19.6 Å². The maximum absolute atomic E-state index is 14.5. The van der Waals surface area contributed by atoms with Crippen molar-refractivity contribution >= 4 is 0 Å². The number of piperidine rings is 6. The molecule has 8 heterocycles. The van der Waals surface area contributed by atoms with Crippen molar-refractivity contribution in [2.75, 3.05) is 52.4 Å². The Bertz CT molecular complexity index is 1960. The summed E-state index contributed by atoms with van der Waals surface area (Å²) >= 11 is 0. The number of benzene rings is 4. The first-order chi connectivity index (χ1) is 29.8. The van der Waals surface area contributed by atoms with Gasteiger partial charge in [0.2, 0.25) is 0 Å². The van der Waals surface area contributed by atoms with Gasteiger partial charge in [0.25, 0.3) is 0 Å². The fourth-order valence-electron chi connectivity index (χ4n) is 12.1. The molecule has 6 saturated heterocycles. The van der Waals surface area contributed by atoms with E-state index in [1.54, 1.807) is 34.1 Å². The molecule has 62 heavy (non-hydrogen) atoms. The Morgan fingerprint density at radius 3 is 1.15 bits per heavy atom. The third-order valence-electron chi connectivity index (χ3n) is 15.2. The Balaban J connectivity index is 0.000000158. The highest BCUT2D eigenvalue weighted by molar-refractivity contribution is 5.41. The molecular weight excluding hydrogens is 809 g/mol. The van der Waals surface area contributed by atoms with E-state index in [0.29, 0.717) is 37.8 Å².